The van der Waals surface area contributed by atoms with Crippen LogP contribution in [0.5, 0.6) is 17.2 Å². The molecule has 0 saturated heterocycles. The second-order valence-electron chi connectivity index (χ2n) is 11.7. The van der Waals surface area contributed by atoms with Crippen molar-refractivity contribution in [3.8, 4) is 17.2 Å². The average molecular weight is 641 g/mol. The highest BCUT2D eigenvalue weighted by Gasteiger charge is 2.38. The largest absolute Gasteiger partial charge is 0.497 e. The third-order valence-corrected chi connectivity index (χ3v) is 7.46. The number of carbonyl (C=O) groups excluding carboxylic acids is 1. The molecule has 0 atom stereocenters. The first-order valence-electron chi connectivity index (χ1n) is 15.3. The molecule has 5 rings (SSSR count). The van der Waals surface area contributed by atoms with Gasteiger partial charge in [-0.2, -0.15) is 18.3 Å². The van der Waals surface area contributed by atoms with Crippen LogP contribution < -0.4 is 14.8 Å². The first kappa shape index (κ1) is 34.3. The van der Waals surface area contributed by atoms with E-state index in [0.717, 1.165) is 46.6 Å². The van der Waals surface area contributed by atoms with Crippen LogP contribution in [0.4, 0.5) is 19.0 Å². The van der Waals surface area contributed by atoms with Crippen LogP contribution in [0.3, 0.4) is 0 Å². The number of Topliss-reactive ketones (excluding diaryl/α,β-unsaturated/α-hetero) is 1. The third kappa shape index (κ3) is 9.69. The van der Waals surface area contributed by atoms with Crippen molar-refractivity contribution >= 4 is 28.6 Å². The van der Waals surface area contributed by atoms with Gasteiger partial charge in [-0.15, -0.1) is 0 Å². The van der Waals surface area contributed by atoms with Crippen LogP contribution in [-0.2, 0) is 22.6 Å². The molecule has 0 aliphatic heterocycles. The maximum absolute atomic E-state index is 12.3. The number of ether oxygens (including phenoxy) is 2. The fraction of sp³-hybridized carbons (Fsp3) is 0.412. The maximum Gasteiger partial charge on any atom is 0.490 e. The van der Waals surface area contributed by atoms with E-state index >= 15 is 0 Å². The summed E-state index contributed by atoms with van der Waals surface area (Å²) in [6.07, 6.45) is 3.77. The Morgan fingerprint density at radius 1 is 0.978 bits per heavy atom. The van der Waals surface area contributed by atoms with Gasteiger partial charge in [-0.3, -0.25) is 4.79 Å². The molecule has 12 heteroatoms. The van der Waals surface area contributed by atoms with Crippen LogP contribution in [-0.4, -0.2) is 51.0 Å². The number of nitrogens with one attached hydrogen (secondary N) is 1. The van der Waals surface area contributed by atoms with Crippen molar-refractivity contribution in [2.75, 3.05) is 12.4 Å². The van der Waals surface area contributed by atoms with Crippen molar-refractivity contribution in [2.24, 2.45) is 5.92 Å². The number of halogens is 3. The standard InChI is InChI=1S/C32H38N4O3.C2HF3O2/c1-22(2)19-26(37)20-23-9-15-28(16-10-23)39-29-17-18-33-32-30(29)31(34-25-7-5-4-6-8-25)35-36(32)21-24-11-13-27(38-3)14-12-24;3-2(4,5)1(6)7/h9-18,22,25H,4-8,19-21H2,1-3H3,(H,34,35);(H,6,7). The molecule has 2 N–H and O–H groups in total. The lowest BCUT2D eigenvalue weighted by Crippen LogP contribution is -2.22. The number of aromatic nitrogens is 3. The zero-order valence-electron chi connectivity index (χ0n) is 26.1. The Morgan fingerprint density at radius 2 is 1.59 bits per heavy atom. The number of rotatable bonds is 11. The van der Waals surface area contributed by atoms with Gasteiger partial charge in [0.25, 0.3) is 0 Å². The molecular formula is C34H39F3N4O5. The normalized spacial score (nSPS) is 13.6. The number of hydrogen-bond acceptors (Lipinski definition) is 7. The number of nitrogens with zero attached hydrogens (tertiary/aromatic N) is 3. The number of fused-ring (bicyclic) bond motifs is 1. The number of alkyl halides is 3. The lowest BCUT2D eigenvalue weighted by Gasteiger charge is -2.22. The Kier molecular flexibility index (Phi) is 11.6. The Labute approximate surface area is 265 Å². The molecule has 2 heterocycles. The first-order valence-corrected chi connectivity index (χ1v) is 15.3. The highest BCUT2D eigenvalue weighted by Crippen LogP contribution is 2.36. The van der Waals surface area contributed by atoms with Crippen molar-refractivity contribution in [2.45, 2.75) is 77.6 Å². The highest BCUT2D eigenvalue weighted by molar-refractivity contribution is 5.93. The molecule has 0 unspecified atom stereocenters. The van der Waals surface area contributed by atoms with Gasteiger partial charge in [-0.05, 0) is 54.2 Å². The smallest absolute Gasteiger partial charge is 0.490 e. The monoisotopic (exact) mass is 640 g/mol. The van der Waals surface area contributed by atoms with E-state index < -0.39 is 12.1 Å². The Balaban J connectivity index is 0.000000617. The number of anilines is 1. The minimum atomic E-state index is -5.08. The van der Waals surface area contributed by atoms with Crippen LogP contribution in [0.1, 0.15) is 63.5 Å². The van der Waals surface area contributed by atoms with Crippen LogP contribution >= 0.6 is 0 Å². The average Bonchev–Trinajstić information content (AvgIpc) is 3.35. The lowest BCUT2D eigenvalue weighted by molar-refractivity contribution is -0.192. The Morgan fingerprint density at radius 3 is 2.17 bits per heavy atom. The number of carboxylic acids is 1. The molecule has 2 aromatic carbocycles. The van der Waals surface area contributed by atoms with E-state index in [-0.39, 0.29) is 5.78 Å². The summed E-state index contributed by atoms with van der Waals surface area (Å²) in [5, 5.41) is 16.7. The van der Waals surface area contributed by atoms with E-state index in [1.807, 2.05) is 59.3 Å². The Bertz CT molecular complexity index is 1600. The van der Waals surface area contributed by atoms with Crippen molar-refractivity contribution in [1.82, 2.24) is 14.8 Å². The van der Waals surface area contributed by atoms with Crippen LogP contribution in [0.2, 0.25) is 0 Å². The minimum Gasteiger partial charge on any atom is -0.497 e. The van der Waals surface area contributed by atoms with E-state index in [4.69, 9.17) is 29.5 Å². The number of ketones is 1. The summed E-state index contributed by atoms with van der Waals surface area (Å²) in [6, 6.07) is 18.1. The summed E-state index contributed by atoms with van der Waals surface area (Å²) in [5.41, 5.74) is 2.89. The zero-order chi connectivity index (χ0) is 33.3. The first-order chi connectivity index (χ1) is 21.9. The van der Waals surface area contributed by atoms with E-state index in [1.165, 1.54) is 19.3 Å². The van der Waals surface area contributed by atoms with Gasteiger partial charge in [0.2, 0.25) is 0 Å². The van der Waals surface area contributed by atoms with Crippen molar-refractivity contribution in [1.29, 1.82) is 0 Å². The van der Waals surface area contributed by atoms with Crippen LogP contribution in [0.15, 0.2) is 60.8 Å². The molecule has 1 fully saturated rings. The number of carbonyl (C=O) groups is 2. The number of carboxylic acid groups (broad SMARTS) is 1. The molecule has 46 heavy (non-hydrogen) atoms. The summed E-state index contributed by atoms with van der Waals surface area (Å²) >= 11 is 0. The molecule has 0 spiro atoms. The van der Waals surface area contributed by atoms with E-state index in [2.05, 4.69) is 19.2 Å². The number of pyridine rings is 1. The highest BCUT2D eigenvalue weighted by atomic mass is 19.4. The van der Waals surface area contributed by atoms with Gasteiger partial charge in [-0.1, -0.05) is 57.4 Å². The van der Waals surface area contributed by atoms with Gasteiger partial charge >= 0.3 is 12.1 Å². The summed E-state index contributed by atoms with van der Waals surface area (Å²) in [6.45, 7) is 4.73. The van der Waals surface area contributed by atoms with Crippen LogP contribution in [0.25, 0.3) is 11.0 Å². The second-order valence-corrected chi connectivity index (χ2v) is 11.7. The predicted molar refractivity (Wildman–Crippen MR) is 168 cm³/mol. The quantitative estimate of drug-likeness (QED) is 0.171. The molecular weight excluding hydrogens is 601 g/mol. The molecule has 4 aromatic rings. The molecule has 1 saturated carbocycles. The maximum atomic E-state index is 12.3. The fourth-order valence-electron chi connectivity index (χ4n) is 5.27. The number of benzene rings is 2. The van der Waals surface area contributed by atoms with Crippen molar-refractivity contribution in [3.05, 3.63) is 71.9 Å². The third-order valence-electron chi connectivity index (χ3n) is 7.46. The lowest BCUT2D eigenvalue weighted by atomic mass is 9.95. The molecule has 0 amide bonds. The molecule has 2 aromatic heterocycles. The van der Waals surface area contributed by atoms with E-state index in [1.54, 1.807) is 13.3 Å². The number of methoxy groups -OCH3 is 1. The molecule has 9 nitrogen and oxygen atoms in total. The van der Waals surface area contributed by atoms with Gasteiger partial charge in [0.05, 0.1) is 13.7 Å². The number of hydrogen-bond donors (Lipinski definition) is 2. The minimum absolute atomic E-state index is 0.261. The second kappa shape index (κ2) is 15.6. The molecule has 1 aliphatic rings. The summed E-state index contributed by atoms with van der Waals surface area (Å²) in [4.78, 5) is 25.9. The topological polar surface area (TPSA) is 116 Å². The number of aliphatic carboxylic acids is 1. The zero-order valence-corrected chi connectivity index (χ0v) is 26.1. The molecule has 1 aliphatic carbocycles. The summed E-state index contributed by atoms with van der Waals surface area (Å²) < 4.78 is 45.4. The van der Waals surface area contributed by atoms with Gasteiger partial charge in [0, 0.05) is 31.1 Å². The molecule has 246 valence electrons. The van der Waals surface area contributed by atoms with Crippen molar-refractivity contribution < 1.29 is 37.3 Å². The van der Waals surface area contributed by atoms with Gasteiger partial charge < -0.3 is 19.9 Å². The van der Waals surface area contributed by atoms with Gasteiger partial charge in [0.15, 0.2) is 11.5 Å². The predicted octanol–water partition coefficient (Wildman–Crippen LogP) is 7.82. The summed E-state index contributed by atoms with van der Waals surface area (Å²) in [5.74, 6) is 0.940. The molecule has 0 bridgehead atoms. The van der Waals surface area contributed by atoms with E-state index in [0.29, 0.717) is 42.8 Å². The fourth-order valence-corrected chi connectivity index (χ4v) is 5.27. The van der Waals surface area contributed by atoms with Crippen LogP contribution in [0, 0.1) is 5.92 Å². The van der Waals surface area contributed by atoms with E-state index in [9.17, 15) is 18.0 Å². The van der Waals surface area contributed by atoms with Gasteiger partial charge in [0.1, 0.15) is 28.4 Å². The van der Waals surface area contributed by atoms with Crippen molar-refractivity contribution in [3.63, 3.8) is 0 Å². The Hall–Kier alpha value is -4.61. The molecule has 0 radical (unpaired) electrons. The SMILES string of the molecule is COc1ccc(Cn2nc(NC3CCCCC3)c3c(Oc4ccc(CC(=O)CC(C)C)cc4)ccnc32)cc1.O=C(O)C(F)(F)F. The summed E-state index contributed by atoms with van der Waals surface area (Å²) in [7, 11) is 1.67. The van der Waals surface area contributed by atoms with Gasteiger partial charge in [-0.25, -0.2) is 14.5 Å².